The van der Waals surface area contributed by atoms with E-state index < -0.39 is 5.97 Å². The van der Waals surface area contributed by atoms with Gasteiger partial charge in [0.25, 0.3) is 0 Å². The molecule has 7 nitrogen and oxygen atoms in total. The van der Waals surface area contributed by atoms with E-state index in [0.717, 1.165) is 19.3 Å². The molecule has 0 heterocycles. The number of nitrogens with one attached hydrogen (secondary N) is 1. The van der Waals surface area contributed by atoms with Crippen molar-refractivity contribution in [3.8, 4) is 11.5 Å². The van der Waals surface area contributed by atoms with Gasteiger partial charge < -0.3 is 25.3 Å². The fourth-order valence-electron chi connectivity index (χ4n) is 3.15. The topological polar surface area (TPSA) is 99.9 Å². The number of nitrogens with two attached hydrogens (primary N) is 1. The first-order chi connectivity index (χ1) is 11.5. The quantitative estimate of drug-likeness (QED) is 0.769. The largest absolute Gasteiger partial charge is 0.493 e. The minimum Gasteiger partial charge on any atom is -0.493 e. The fraction of sp³-hybridized carbons (Fsp3) is 0.529. The molecule has 0 bridgehead atoms. The predicted octanol–water partition coefficient (Wildman–Crippen LogP) is 1.80. The average Bonchev–Trinajstić information content (AvgIpc) is 3.09. The van der Waals surface area contributed by atoms with E-state index in [4.69, 9.17) is 19.9 Å². The number of hydrogen-bond acceptors (Lipinski definition) is 6. The first kappa shape index (κ1) is 18.1. The van der Waals surface area contributed by atoms with Gasteiger partial charge in [-0.2, -0.15) is 0 Å². The summed E-state index contributed by atoms with van der Waals surface area (Å²) in [6, 6.07) is 3.06. The third-order valence-corrected chi connectivity index (χ3v) is 4.49. The number of rotatable bonds is 6. The number of carbonyl (C=O) groups excluding carboxylic acids is 2. The lowest BCUT2D eigenvalue weighted by atomic mass is 9.95. The third-order valence-electron chi connectivity index (χ3n) is 4.49. The number of esters is 1. The highest BCUT2D eigenvalue weighted by Gasteiger charge is 2.32. The van der Waals surface area contributed by atoms with Crippen LogP contribution >= 0.6 is 0 Å². The van der Waals surface area contributed by atoms with Crippen molar-refractivity contribution in [3.63, 3.8) is 0 Å². The molecule has 1 aliphatic carbocycles. The summed E-state index contributed by atoms with van der Waals surface area (Å²) in [6.45, 7) is 0.480. The van der Waals surface area contributed by atoms with Crippen molar-refractivity contribution in [2.45, 2.75) is 19.3 Å². The van der Waals surface area contributed by atoms with E-state index in [0.29, 0.717) is 23.7 Å². The van der Waals surface area contributed by atoms with Crippen molar-refractivity contribution >= 4 is 17.6 Å². The second-order valence-electron chi connectivity index (χ2n) is 5.77. The van der Waals surface area contributed by atoms with E-state index in [1.807, 2.05) is 0 Å². The number of carbonyl (C=O) groups is 2. The van der Waals surface area contributed by atoms with Gasteiger partial charge in [0, 0.05) is 18.1 Å². The smallest absolute Gasteiger partial charge is 0.340 e. The number of hydrogen-bond donors (Lipinski definition) is 2. The van der Waals surface area contributed by atoms with Crippen LogP contribution in [0.5, 0.6) is 11.5 Å². The van der Waals surface area contributed by atoms with E-state index in [-0.39, 0.29) is 23.3 Å². The molecule has 3 N–H and O–H groups in total. The molecular formula is C17H24N2O5. The summed E-state index contributed by atoms with van der Waals surface area (Å²) in [6.07, 6.45) is 2.73. The van der Waals surface area contributed by atoms with Crippen LogP contribution in [-0.4, -0.2) is 39.8 Å². The van der Waals surface area contributed by atoms with Crippen LogP contribution in [0.1, 0.15) is 29.6 Å². The van der Waals surface area contributed by atoms with Crippen LogP contribution < -0.4 is 20.5 Å². The maximum atomic E-state index is 12.6. The Kier molecular flexibility index (Phi) is 6.03. The minimum absolute atomic E-state index is 0.139. The van der Waals surface area contributed by atoms with Gasteiger partial charge in [0.05, 0.1) is 32.6 Å². The monoisotopic (exact) mass is 336 g/mol. The standard InChI is InChI=1S/C17H24N2O5/c1-22-14-7-12(17(21)24-3)13(8-15(14)23-2)19-16(20)11-6-4-5-10(11)9-18/h7-8,10-11H,4-6,9,18H2,1-3H3,(H,19,20)/t10-,11-/m1/s1. The number of methoxy groups -OCH3 is 3. The normalized spacial score (nSPS) is 19.7. The second kappa shape index (κ2) is 8.01. The molecule has 0 spiro atoms. The van der Waals surface area contributed by atoms with Crippen LogP contribution in [0.25, 0.3) is 0 Å². The number of amides is 1. The van der Waals surface area contributed by atoms with Crippen molar-refractivity contribution in [2.75, 3.05) is 33.2 Å². The van der Waals surface area contributed by atoms with Gasteiger partial charge in [-0.05, 0) is 25.3 Å². The van der Waals surface area contributed by atoms with Gasteiger partial charge in [0.1, 0.15) is 0 Å². The summed E-state index contributed by atoms with van der Waals surface area (Å²) in [5.74, 6) is 0.132. The summed E-state index contributed by atoms with van der Waals surface area (Å²) >= 11 is 0. The van der Waals surface area contributed by atoms with Crippen LogP contribution in [0.15, 0.2) is 12.1 Å². The first-order valence-electron chi connectivity index (χ1n) is 7.91. The summed E-state index contributed by atoms with van der Waals surface area (Å²) in [7, 11) is 4.25. The zero-order chi connectivity index (χ0) is 17.7. The number of benzene rings is 1. The lowest BCUT2D eigenvalue weighted by Gasteiger charge is -2.19. The average molecular weight is 336 g/mol. The fourth-order valence-corrected chi connectivity index (χ4v) is 3.15. The molecule has 1 amide bonds. The van der Waals surface area contributed by atoms with Gasteiger partial charge in [-0.25, -0.2) is 4.79 Å². The zero-order valence-electron chi connectivity index (χ0n) is 14.3. The Morgan fingerprint density at radius 3 is 2.42 bits per heavy atom. The van der Waals surface area contributed by atoms with Crippen molar-refractivity contribution < 1.29 is 23.8 Å². The Morgan fingerprint density at radius 1 is 1.17 bits per heavy atom. The highest BCUT2D eigenvalue weighted by atomic mass is 16.5. The predicted molar refractivity (Wildman–Crippen MR) is 89.4 cm³/mol. The first-order valence-corrected chi connectivity index (χ1v) is 7.91. The number of anilines is 1. The van der Waals surface area contributed by atoms with Crippen molar-refractivity contribution in [1.82, 2.24) is 0 Å². The van der Waals surface area contributed by atoms with Crippen LogP contribution in [0.2, 0.25) is 0 Å². The van der Waals surface area contributed by atoms with Gasteiger partial charge in [0.15, 0.2) is 11.5 Å². The minimum atomic E-state index is -0.562. The highest BCUT2D eigenvalue weighted by Crippen LogP contribution is 2.36. The second-order valence-corrected chi connectivity index (χ2v) is 5.77. The molecule has 1 aromatic carbocycles. The van der Waals surface area contributed by atoms with Crippen molar-refractivity contribution in [1.29, 1.82) is 0 Å². The summed E-state index contributed by atoms with van der Waals surface area (Å²) in [4.78, 5) is 24.6. The maximum absolute atomic E-state index is 12.6. The lowest BCUT2D eigenvalue weighted by Crippen LogP contribution is -2.30. The number of ether oxygens (including phenoxy) is 3. The van der Waals surface area contributed by atoms with Gasteiger partial charge in [-0.3, -0.25) is 4.79 Å². The van der Waals surface area contributed by atoms with E-state index in [2.05, 4.69) is 5.32 Å². The van der Waals surface area contributed by atoms with Crippen molar-refractivity contribution in [2.24, 2.45) is 17.6 Å². The van der Waals surface area contributed by atoms with E-state index in [9.17, 15) is 9.59 Å². The Bertz CT molecular complexity index is 617. The molecule has 0 saturated heterocycles. The Labute approximate surface area is 141 Å². The van der Waals surface area contributed by atoms with Crippen molar-refractivity contribution in [3.05, 3.63) is 17.7 Å². The van der Waals surface area contributed by atoms with Gasteiger partial charge in [-0.15, -0.1) is 0 Å². The summed E-state index contributed by atoms with van der Waals surface area (Å²) in [5, 5.41) is 2.83. The molecule has 0 unspecified atom stereocenters. The molecule has 0 aromatic heterocycles. The van der Waals surface area contributed by atoms with Gasteiger partial charge >= 0.3 is 5.97 Å². The molecule has 0 aliphatic heterocycles. The molecule has 1 aromatic rings. The molecule has 132 valence electrons. The maximum Gasteiger partial charge on any atom is 0.340 e. The SMILES string of the molecule is COC(=O)c1cc(OC)c(OC)cc1NC(=O)[C@@H]1CCC[C@@H]1CN. The zero-order valence-corrected chi connectivity index (χ0v) is 14.3. The molecular weight excluding hydrogens is 312 g/mol. The van der Waals surface area contributed by atoms with Gasteiger partial charge in [-0.1, -0.05) is 6.42 Å². The van der Waals surface area contributed by atoms with Crippen LogP contribution in [0, 0.1) is 11.8 Å². The molecule has 24 heavy (non-hydrogen) atoms. The summed E-state index contributed by atoms with van der Waals surface area (Å²) < 4.78 is 15.2. The van der Waals surface area contributed by atoms with E-state index >= 15 is 0 Å². The van der Waals surface area contributed by atoms with E-state index in [1.165, 1.54) is 27.4 Å². The summed E-state index contributed by atoms with van der Waals surface area (Å²) in [5.41, 5.74) is 6.30. The molecule has 0 radical (unpaired) electrons. The molecule has 2 rings (SSSR count). The molecule has 2 atom stereocenters. The Morgan fingerprint density at radius 2 is 1.83 bits per heavy atom. The molecule has 1 aliphatic rings. The highest BCUT2D eigenvalue weighted by molar-refractivity contribution is 6.02. The van der Waals surface area contributed by atoms with Crippen LogP contribution in [0.3, 0.4) is 0 Å². The van der Waals surface area contributed by atoms with Crippen LogP contribution in [0.4, 0.5) is 5.69 Å². The van der Waals surface area contributed by atoms with Crippen LogP contribution in [-0.2, 0) is 9.53 Å². The third kappa shape index (κ3) is 3.62. The van der Waals surface area contributed by atoms with E-state index in [1.54, 1.807) is 6.07 Å². The molecule has 1 saturated carbocycles. The molecule has 1 fully saturated rings. The van der Waals surface area contributed by atoms with Gasteiger partial charge in [0.2, 0.25) is 5.91 Å². The molecule has 7 heteroatoms. The Balaban J connectivity index is 2.33. The Hall–Kier alpha value is -2.28. The lowest BCUT2D eigenvalue weighted by molar-refractivity contribution is -0.120.